The second kappa shape index (κ2) is 4.16. The summed E-state index contributed by atoms with van der Waals surface area (Å²) >= 11 is 11.2. The highest BCUT2D eigenvalue weighted by atomic mass is 127. The smallest absolute Gasteiger partial charge is 0.0711 e. The lowest BCUT2D eigenvalue weighted by atomic mass is 10.2. The Balaban J connectivity index is 2.80. The Labute approximate surface area is 111 Å². The molecule has 0 nitrogen and oxygen atoms in total. The molecule has 13 heavy (non-hydrogen) atoms. The van der Waals surface area contributed by atoms with Crippen molar-refractivity contribution < 1.29 is 0 Å². The summed E-state index contributed by atoms with van der Waals surface area (Å²) in [4.78, 5) is 0. The van der Waals surface area contributed by atoms with Crippen molar-refractivity contribution in [3.8, 4) is 0 Å². The molecule has 0 unspecified atom stereocenters. The van der Waals surface area contributed by atoms with Crippen molar-refractivity contribution in [3.05, 3.63) is 31.1 Å². The van der Waals surface area contributed by atoms with Gasteiger partial charge >= 0.3 is 0 Å². The summed E-state index contributed by atoms with van der Waals surface area (Å²) in [7, 11) is 0. The predicted octanol–water partition coefficient (Wildman–Crippen LogP) is 5.16. The van der Waals surface area contributed by atoms with Crippen LogP contribution in [-0.4, -0.2) is 0 Å². The summed E-state index contributed by atoms with van der Waals surface area (Å²) < 4.78 is 3.88. The highest BCUT2D eigenvalue weighted by Crippen LogP contribution is 2.34. The molecule has 0 atom stereocenters. The summed E-state index contributed by atoms with van der Waals surface area (Å²) in [6.07, 6.45) is 0. The van der Waals surface area contributed by atoms with Crippen LogP contribution < -0.4 is 0 Å². The van der Waals surface area contributed by atoms with E-state index < -0.39 is 0 Å². The van der Waals surface area contributed by atoms with Crippen LogP contribution in [-0.2, 0) is 5.33 Å². The lowest BCUT2D eigenvalue weighted by Gasteiger charge is -1.98. The van der Waals surface area contributed by atoms with E-state index in [2.05, 4.69) is 72.6 Å². The number of halogens is 3. The minimum Gasteiger partial charge on any atom is -0.128 e. The summed E-state index contributed by atoms with van der Waals surface area (Å²) in [5, 5.41) is 2.26. The maximum Gasteiger partial charge on any atom is 0.0711 e. The molecule has 2 aromatic rings. The van der Waals surface area contributed by atoms with Gasteiger partial charge in [0.05, 0.1) is 3.79 Å². The molecule has 0 aliphatic heterocycles. The van der Waals surface area contributed by atoms with Gasteiger partial charge in [0.2, 0.25) is 0 Å². The summed E-state index contributed by atoms with van der Waals surface area (Å²) in [6, 6.07) is 6.61. The molecule has 0 aliphatic rings. The average Bonchev–Trinajstić information content (AvgIpc) is 2.43. The van der Waals surface area contributed by atoms with Crippen molar-refractivity contribution in [2.75, 3.05) is 0 Å². The first-order valence-electron chi connectivity index (χ1n) is 3.64. The van der Waals surface area contributed by atoms with Gasteiger partial charge in [-0.1, -0.05) is 15.9 Å². The lowest BCUT2D eigenvalue weighted by Crippen LogP contribution is -1.79. The van der Waals surface area contributed by atoms with Crippen molar-refractivity contribution >= 4 is 75.9 Å². The van der Waals surface area contributed by atoms with Gasteiger partial charge in [-0.25, -0.2) is 0 Å². The second-order valence-corrected chi connectivity index (χ2v) is 6.91. The summed E-state index contributed by atoms with van der Waals surface area (Å²) in [5.41, 5.74) is 1.37. The summed E-state index contributed by atoms with van der Waals surface area (Å²) in [5.74, 6) is 0. The van der Waals surface area contributed by atoms with E-state index in [1.165, 1.54) is 23.0 Å². The van der Waals surface area contributed by atoms with Gasteiger partial charge in [0.25, 0.3) is 0 Å². The minimum absolute atomic E-state index is 0.924. The number of thiophene rings is 1. The van der Waals surface area contributed by atoms with E-state index in [0.29, 0.717) is 0 Å². The normalized spacial score (nSPS) is 11.0. The van der Waals surface area contributed by atoms with E-state index in [1.54, 1.807) is 11.3 Å². The van der Waals surface area contributed by atoms with Crippen LogP contribution in [0.3, 0.4) is 0 Å². The van der Waals surface area contributed by atoms with Crippen LogP contribution in [0.5, 0.6) is 0 Å². The van der Waals surface area contributed by atoms with Crippen LogP contribution in [0.4, 0.5) is 0 Å². The van der Waals surface area contributed by atoms with Crippen molar-refractivity contribution in [2.24, 2.45) is 0 Å². The Morgan fingerprint density at radius 3 is 2.77 bits per heavy atom. The Bertz CT molecular complexity index is 450. The molecule has 0 bridgehead atoms. The fourth-order valence-electron chi connectivity index (χ4n) is 1.25. The molecule has 1 heterocycles. The largest absolute Gasteiger partial charge is 0.128 e. The Kier molecular flexibility index (Phi) is 3.33. The molecule has 0 fully saturated rings. The topological polar surface area (TPSA) is 0 Å². The standard InChI is InChI=1S/C9H5Br2IS/c10-4-6-2-7(12)1-5-3-8(11)13-9(5)6/h1-3H,4H2. The van der Waals surface area contributed by atoms with Gasteiger partial charge in [-0.05, 0) is 67.7 Å². The minimum atomic E-state index is 0.924. The third-order valence-corrected chi connectivity index (χ3v) is 4.73. The van der Waals surface area contributed by atoms with Crippen LogP contribution in [0.1, 0.15) is 5.56 Å². The first-order valence-corrected chi connectivity index (χ1v) is 7.45. The fourth-order valence-corrected chi connectivity index (χ4v) is 4.20. The fraction of sp³-hybridized carbons (Fsp3) is 0.111. The van der Waals surface area contributed by atoms with E-state index in [9.17, 15) is 0 Å². The summed E-state index contributed by atoms with van der Waals surface area (Å²) in [6.45, 7) is 0. The van der Waals surface area contributed by atoms with Gasteiger partial charge in [-0.3, -0.25) is 0 Å². The van der Waals surface area contributed by atoms with E-state index in [4.69, 9.17) is 0 Å². The number of alkyl halides is 1. The maximum atomic E-state index is 3.51. The SMILES string of the molecule is BrCc1cc(I)cc2cc(Br)sc12. The van der Waals surface area contributed by atoms with Crippen molar-refractivity contribution in [3.63, 3.8) is 0 Å². The molecule has 0 saturated carbocycles. The third kappa shape index (κ3) is 2.11. The Morgan fingerprint density at radius 1 is 1.31 bits per heavy atom. The second-order valence-electron chi connectivity index (χ2n) is 2.67. The molecule has 0 aliphatic carbocycles. The average molecular weight is 432 g/mol. The number of hydrogen-bond donors (Lipinski definition) is 0. The monoisotopic (exact) mass is 430 g/mol. The molecule has 0 radical (unpaired) electrons. The zero-order valence-corrected chi connectivity index (χ0v) is 12.6. The van der Waals surface area contributed by atoms with Gasteiger partial charge in [-0.2, -0.15) is 0 Å². The van der Waals surface area contributed by atoms with Crippen molar-refractivity contribution in [2.45, 2.75) is 5.33 Å². The molecule has 4 heteroatoms. The van der Waals surface area contributed by atoms with E-state index in [1.807, 2.05) is 0 Å². The molecule has 68 valence electrons. The van der Waals surface area contributed by atoms with Gasteiger partial charge in [-0.15, -0.1) is 11.3 Å². The molecule has 0 saturated heterocycles. The molecule has 2 rings (SSSR count). The lowest BCUT2D eigenvalue weighted by molar-refractivity contribution is 1.49. The maximum absolute atomic E-state index is 3.51. The zero-order chi connectivity index (χ0) is 9.42. The Hall–Kier alpha value is 0.870. The van der Waals surface area contributed by atoms with Gasteiger partial charge in [0.15, 0.2) is 0 Å². The molecular weight excluding hydrogens is 427 g/mol. The van der Waals surface area contributed by atoms with Crippen molar-refractivity contribution in [1.29, 1.82) is 0 Å². The quantitative estimate of drug-likeness (QED) is 0.432. The number of benzene rings is 1. The first-order chi connectivity index (χ1) is 6.20. The molecular formula is C9H5Br2IS. The number of fused-ring (bicyclic) bond motifs is 1. The van der Waals surface area contributed by atoms with Crippen LogP contribution in [0.2, 0.25) is 0 Å². The van der Waals surface area contributed by atoms with Crippen LogP contribution in [0.25, 0.3) is 10.1 Å². The first kappa shape index (κ1) is 10.4. The molecule has 0 N–H and O–H groups in total. The van der Waals surface area contributed by atoms with E-state index >= 15 is 0 Å². The predicted molar refractivity (Wildman–Crippen MR) is 74.9 cm³/mol. The molecule has 0 amide bonds. The number of rotatable bonds is 1. The van der Waals surface area contributed by atoms with Crippen LogP contribution in [0, 0.1) is 3.57 Å². The van der Waals surface area contributed by atoms with E-state index in [-0.39, 0.29) is 0 Å². The highest BCUT2D eigenvalue weighted by Gasteiger charge is 2.05. The molecule has 1 aromatic heterocycles. The van der Waals surface area contributed by atoms with E-state index in [0.717, 1.165) is 5.33 Å². The Morgan fingerprint density at radius 2 is 2.08 bits per heavy atom. The van der Waals surface area contributed by atoms with Crippen molar-refractivity contribution in [1.82, 2.24) is 0 Å². The molecule has 1 aromatic carbocycles. The van der Waals surface area contributed by atoms with Crippen LogP contribution >= 0.6 is 65.8 Å². The number of hydrogen-bond acceptors (Lipinski definition) is 1. The van der Waals surface area contributed by atoms with Crippen LogP contribution in [0.15, 0.2) is 22.0 Å². The van der Waals surface area contributed by atoms with Gasteiger partial charge in [0, 0.05) is 13.6 Å². The zero-order valence-electron chi connectivity index (χ0n) is 6.48. The van der Waals surface area contributed by atoms with Gasteiger partial charge in [0.1, 0.15) is 0 Å². The van der Waals surface area contributed by atoms with Gasteiger partial charge < -0.3 is 0 Å². The molecule has 0 spiro atoms. The third-order valence-electron chi connectivity index (χ3n) is 1.77. The highest BCUT2D eigenvalue weighted by molar-refractivity contribution is 14.1.